The van der Waals surface area contributed by atoms with Crippen LogP contribution in [0.25, 0.3) is 5.69 Å². The number of hydrogen-bond acceptors (Lipinski definition) is 2. The molecule has 148 valence electrons. The summed E-state index contributed by atoms with van der Waals surface area (Å²) >= 11 is 5.77. The molecule has 4 nitrogen and oxygen atoms in total. The Morgan fingerprint density at radius 1 is 0.867 bits per heavy atom. The van der Waals surface area contributed by atoms with Crippen LogP contribution in [0.3, 0.4) is 0 Å². The first-order chi connectivity index (χ1) is 14.8. The number of nitrogens with one attached hydrogen (secondary N) is 1. The summed E-state index contributed by atoms with van der Waals surface area (Å²) in [6.07, 6.45) is 6.15. The zero-order valence-electron chi connectivity index (χ0n) is 16.4. The highest BCUT2D eigenvalue weighted by Gasteiger charge is 2.40. The highest BCUT2D eigenvalue weighted by atomic mass is 32.1. The molecule has 5 rings (SSSR count). The number of nitrogens with zero attached hydrogens (tertiary/aromatic N) is 3. The van der Waals surface area contributed by atoms with Gasteiger partial charge in [-0.2, -0.15) is 0 Å². The van der Waals surface area contributed by atoms with Crippen molar-refractivity contribution in [3.8, 4) is 5.69 Å². The molecule has 1 aliphatic heterocycles. The Labute approximate surface area is 181 Å². The van der Waals surface area contributed by atoms with E-state index in [0.29, 0.717) is 0 Å². The van der Waals surface area contributed by atoms with Crippen molar-refractivity contribution in [3.05, 3.63) is 120 Å². The maximum Gasteiger partial charge on any atom is 0.170 e. The summed E-state index contributed by atoms with van der Waals surface area (Å²) in [5.41, 5.74) is 4.57. The van der Waals surface area contributed by atoms with Gasteiger partial charge in [0.2, 0.25) is 0 Å². The van der Waals surface area contributed by atoms with Crippen LogP contribution < -0.4 is 5.32 Å². The van der Waals surface area contributed by atoms with Crippen LogP contribution >= 0.6 is 12.2 Å². The van der Waals surface area contributed by atoms with Gasteiger partial charge in [-0.25, -0.2) is 0 Å². The lowest BCUT2D eigenvalue weighted by molar-refractivity contribution is 0.311. The number of rotatable bonds is 5. The summed E-state index contributed by atoms with van der Waals surface area (Å²) in [7, 11) is 0. The maximum absolute atomic E-state index is 5.77. The van der Waals surface area contributed by atoms with Gasteiger partial charge in [0.05, 0.1) is 17.8 Å². The Balaban J connectivity index is 1.54. The van der Waals surface area contributed by atoms with E-state index < -0.39 is 0 Å². The van der Waals surface area contributed by atoms with E-state index in [1.54, 1.807) is 0 Å². The van der Waals surface area contributed by atoms with E-state index in [-0.39, 0.29) is 12.1 Å². The third-order valence-corrected chi connectivity index (χ3v) is 5.86. The van der Waals surface area contributed by atoms with Crippen molar-refractivity contribution in [2.24, 2.45) is 0 Å². The van der Waals surface area contributed by atoms with E-state index in [1.807, 2.05) is 30.5 Å². The molecule has 1 aliphatic rings. The van der Waals surface area contributed by atoms with Crippen LogP contribution in [0.15, 0.2) is 104 Å². The molecule has 2 atom stereocenters. The van der Waals surface area contributed by atoms with Gasteiger partial charge in [-0.1, -0.05) is 54.6 Å². The molecule has 0 aliphatic carbocycles. The Morgan fingerprint density at radius 3 is 2.33 bits per heavy atom. The van der Waals surface area contributed by atoms with Crippen LogP contribution in [-0.4, -0.2) is 19.6 Å². The van der Waals surface area contributed by atoms with Gasteiger partial charge in [0.25, 0.3) is 0 Å². The molecule has 1 N–H and O–H groups in total. The van der Waals surface area contributed by atoms with Crippen molar-refractivity contribution in [2.45, 2.75) is 18.6 Å². The minimum atomic E-state index is -0.00552. The minimum absolute atomic E-state index is 0.00552. The monoisotopic (exact) mass is 410 g/mol. The van der Waals surface area contributed by atoms with Gasteiger partial charge >= 0.3 is 0 Å². The smallest absolute Gasteiger partial charge is 0.170 e. The Bertz CT molecular complexity index is 1130. The first kappa shape index (κ1) is 18.6. The molecule has 0 radical (unpaired) electrons. The maximum atomic E-state index is 5.77. The number of benzene rings is 2. The second kappa shape index (κ2) is 8.13. The van der Waals surface area contributed by atoms with Gasteiger partial charge in [0, 0.05) is 30.8 Å². The van der Waals surface area contributed by atoms with Gasteiger partial charge in [0.15, 0.2) is 5.11 Å². The zero-order valence-corrected chi connectivity index (χ0v) is 17.2. The second-order valence-corrected chi connectivity index (χ2v) is 7.81. The average Bonchev–Trinajstić information content (AvgIpc) is 3.41. The molecule has 1 saturated heterocycles. The second-order valence-electron chi connectivity index (χ2n) is 7.43. The predicted octanol–water partition coefficient (Wildman–Crippen LogP) is 5.05. The standard InChI is InChI=1S/C25H22N4S/c30-25-27-23(22-13-7-8-15-26-22)24(29(25)17-19-9-3-1-4-10-19)20-14-16-28(18-20)21-11-5-2-6-12-21/h1-16,18,23-24H,17H2,(H,27,30)/t23-,24-/m1/s1. The zero-order chi connectivity index (χ0) is 20.3. The summed E-state index contributed by atoms with van der Waals surface area (Å²) in [5, 5.41) is 4.28. The van der Waals surface area contributed by atoms with Crippen molar-refractivity contribution >= 4 is 17.3 Å². The topological polar surface area (TPSA) is 33.1 Å². The number of aromatic nitrogens is 2. The van der Waals surface area contributed by atoms with Crippen LogP contribution in [0.1, 0.15) is 28.9 Å². The van der Waals surface area contributed by atoms with E-state index in [1.165, 1.54) is 11.1 Å². The molecule has 0 spiro atoms. The van der Waals surface area contributed by atoms with Gasteiger partial charge in [-0.3, -0.25) is 4.98 Å². The molecule has 5 heteroatoms. The molecule has 4 aromatic rings. The summed E-state index contributed by atoms with van der Waals surface area (Å²) in [6.45, 7) is 0.747. The fourth-order valence-electron chi connectivity index (χ4n) is 4.07. The van der Waals surface area contributed by atoms with E-state index >= 15 is 0 Å². The molecule has 2 aromatic heterocycles. The van der Waals surface area contributed by atoms with Crippen LogP contribution in [0.2, 0.25) is 0 Å². The number of thiocarbonyl (C=S) groups is 1. The average molecular weight is 411 g/mol. The van der Waals surface area contributed by atoms with E-state index in [9.17, 15) is 0 Å². The molecule has 30 heavy (non-hydrogen) atoms. The highest BCUT2D eigenvalue weighted by Crippen LogP contribution is 2.39. The lowest BCUT2D eigenvalue weighted by Gasteiger charge is -2.27. The number of hydrogen-bond donors (Lipinski definition) is 1. The molecule has 0 saturated carbocycles. The molecule has 0 unspecified atom stereocenters. The van der Waals surface area contributed by atoms with E-state index in [0.717, 1.165) is 23.0 Å². The van der Waals surface area contributed by atoms with E-state index in [2.05, 4.69) is 92.8 Å². The Kier molecular flexibility index (Phi) is 5.03. The van der Waals surface area contributed by atoms with Crippen molar-refractivity contribution in [1.82, 2.24) is 19.8 Å². The van der Waals surface area contributed by atoms with Crippen molar-refractivity contribution in [3.63, 3.8) is 0 Å². The van der Waals surface area contributed by atoms with Gasteiger partial charge in [-0.15, -0.1) is 0 Å². The third-order valence-electron chi connectivity index (χ3n) is 5.51. The SMILES string of the molecule is S=C1N[C@H](c2ccccn2)[C@@H](c2ccn(-c3ccccc3)c2)N1Cc1ccccc1. The summed E-state index contributed by atoms with van der Waals surface area (Å²) < 4.78 is 2.16. The van der Waals surface area contributed by atoms with Crippen molar-refractivity contribution in [1.29, 1.82) is 0 Å². The van der Waals surface area contributed by atoms with Gasteiger partial charge in [0.1, 0.15) is 0 Å². The highest BCUT2D eigenvalue weighted by molar-refractivity contribution is 7.80. The number of para-hydroxylation sites is 1. The van der Waals surface area contributed by atoms with Crippen LogP contribution in [0.5, 0.6) is 0 Å². The lowest BCUT2D eigenvalue weighted by atomic mass is 9.98. The van der Waals surface area contributed by atoms with Gasteiger partial charge in [-0.05, 0) is 53.7 Å². The largest absolute Gasteiger partial charge is 0.352 e. The van der Waals surface area contributed by atoms with Crippen molar-refractivity contribution < 1.29 is 0 Å². The molecule has 0 amide bonds. The van der Waals surface area contributed by atoms with Crippen LogP contribution in [0.4, 0.5) is 0 Å². The fraction of sp³-hybridized carbons (Fsp3) is 0.120. The van der Waals surface area contributed by atoms with Crippen LogP contribution in [0, 0.1) is 0 Å². The Morgan fingerprint density at radius 2 is 1.60 bits per heavy atom. The van der Waals surface area contributed by atoms with E-state index in [4.69, 9.17) is 12.2 Å². The Hall–Kier alpha value is -3.44. The molecular weight excluding hydrogens is 388 g/mol. The van der Waals surface area contributed by atoms with Crippen molar-refractivity contribution in [2.75, 3.05) is 0 Å². The number of pyridine rings is 1. The third kappa shape index (κ3) is 3.60. The fourth-order valence-corrected chi connectivity index (χ4v) is 4.37. The summed E-state index contributed by atoms with van der Waals surface area (Å²) in [5.74, 6) is 0. The first-order valence-electron chi connectivity index (χ1n) is 10.0. The van der Waals surface area contributed by atoms with Crippen LogP contribution in [-0.2, 0) is 6.54 Å². The molecule has 1 fully saturated rings. The molecule has 2 aromatic carbocycles. The molecular formula is C25H22N4S. The summed E-state index contributed by atoms with van der Waals surface area (Å²) in [6, 6.07) is 29.1. The predicted molar refractivity (Wildman–Crippen MR) is 123 cm³/mol. The first-order valence-corrected chi connectivity index (χ1v) is 10.5. The quantitative estimate of drug-likeness (QED) is 0.467. The minimum Gasteiger partial charge on any atom is -0.352 e. The molecule has 3 heterocycles. The molecule has 0 bridgehead atoms. The normalized spacial score (nSPS) is 18.4. The summed E-state index contributed by atoms with van der Waals surface area (Å²) in [4.78, 5) is 6.89. The lowest BCUT2D eigenvalue weighted by Crippen LogP contribution is -2.29. The van der Waals surface area contributed by atoms with Gasteiger partial charge < -0.3 is 14.8 Å².